The third kappa shape index (κ3) is 1.88. The first-order valence-corrected chi connectivity index (χ1v) is 6.69. The zero-order chi connectivity index (χ0) is 11.1. The van der Waals surface area contributed by atoms with Crippen molar-refractivity contribution < 1.29 is 0 Å². The van der Waals surface area contributed by atoms with Gasteiger partial charge in [-0.25, -0.2) is 0 Å². The van der Waals surface area contributed by atoms with Crippen LogP contribution in [0.1, 0.15) is 66.2 Å². The van der Waals surface area contributed by atoms with E-state index in [1.165, 1.54) is 38.5 Å². The van der Waals surface area contributed by atoms with Crippen LogP contribution in [0.3, 0.4) is 0 Å². The second-order valence-electron chi connectivity index (χ2n) is 6.35. The number of hydrogen-bond acceptors (Lipinski definition) is 0. The molecule has 3 atom stereocenters. The predicted molar refractivity (Wildman–Crippen MR) is 66.8 cm³/mol. The number of fused-ring (bicyclic) bond motifs is 1. The maximum Gasteiger partial charge on any atom is -0.0234 e. The van der Waals surface area contributed by atoms with Gasteiger partial charge in [-0.15, -0.1) is 0 Å². The fraction of sp³-hybridized carbons (Fsp3) is 0.867. The molecule has 0 heterocycles. The molecule has 0 heteroatoms. The molecule has 0 aliphatic heterocycles. The summed E-state index contributed by atoms with van der Waals surface area (Å²) < 4.78 is 0. The Bertz CT molecular complexity index is 270. The van der Waals surface area contributed by atoms with E-state index in [0.29, 0.717) is 5.41 Å². The highest BCUT2D eigenvalue weighted by molar-refractivity contribution is 5.17. The Morgan fingerprint density at radius 2 is 1.93 bits per heavy atom. The molecular weight excluding hydrogens is 180 g/mol. The fourth-order valence-corrected chi connectivity index (χ4v) is 3.85. The van der Waals surface area contributed by atoms with Gasteiger partial charge in [-0.3, -0.25) is 0 Å². The number of hydrogen-bond donors (Lipinski definition) is 0. The number of rotatable bonds is 0. The monoisotopic (exact) mass is 206 g/mol. The van der Waals surface area contributed by atoms with Gasteiger partial charge in [-0.05, 0) is 56.8 Å². The van der Waals surface area contributed by atoms with Crippen LogP contribution in [-0.4, -0.2) is 0 Å². The van der Waals surface area contributed by atoms with E-state index in [1.807, 2.05) is 0 Å². The van der Waals surface area contributed by atoms with Gasteiger partial charge >= 0.3 is 0 Å². The van der Waals surface area contributed by atoms with Crippen LogP contribution in [0.5, 0.6) is 0 Å². The molecular formula is C15H26. The molecule has 0 saturated heterocycles. The summed E-state index contributed by atoms with van der Waals surface area (Å²) >= 11 is 0. The van der Waals surface area contributed by atoms with Gasteiger partial charge in [0.2, 0.25) is 0 Å². The number of allylic oxidation sites excluding steroid dienone is 2. The van der Waals surface area contributed by atoms with Gasteiger partial charge in [0, 0.05) is 0 Å². The van der Waals surface area contributed by atoms with E-state index < -0.39 is 0 Å². The summed E-state index contributed by atoms with van der Waals surface area (Å²) in [5, 5.41) is 0. The van der Waals surface area contributed by atoms with Crippen molar-refractivity contribution in [1.29, 1.82) is 0 Å². The Hall–Kier alpha value is -0.260. The molecule has 0 spiro atoms. The third-order valence-corrected chi connectivity index (χ3v) is 5.34. The third-order valence-electron chi connectivity index (χ3n) is 5.34. The normalized spacial score (nSPS) is 41.2. The molecule has 0 unspecified atom stereocenters. The quantitative estimate of drug-likeness (QED) is 0.492. The molecule has 2 fully saturated rings. The average molecular weight is 206 g/mol. The maximum atomic E-state index is 2.56. The molecule has 0 amide bonds. The van der Waals surface area contributed by atoms with Gasteiger partial charge in [0.15, 0.2) is 0 Å². The molecule has 0 aromatic rings. The van der Waals surface area contributed by atoms with Crippen LogP contribution in [-0.2, 0) is 0 Å². The van der Waals surface area contributed by atoms with Gasteiger partial charge in [0.25, 0.3) is 0 Å². The topological polar surface area (TPSA) is 0 Å². The summed E-state index contributed by atoms with van der Waals surface area (Å²) in [6.45, 7) is 9.64. The van der Waals surface area contributed by atoms with Crippen LogP contribution in [0.15, 0.2) is 11.1 Å². The van der Waals surface area contributed by atoms with Crippen LogP contribution < -0.4 is 0 Å². The molecule has 0 aromatic heterocycles. The van der Waals surface area contributed by atoms with Crippen molar-refractivity contribution >= 4 is 0 Å². The summed E-state index contributed by atoms with van der Waals surface area (Å²) in [5.74, 6) is 1.95. The van der Waals surface area contributed by atoms with Gasteiger partial charge in [-0.2, -0.15) is 0 Å². The lowest BCUT2D eigenvalue weighted by Crippen LogP contribution is -2.40. The highest BCUT2D eigenvalue weighted by Crippen LogP contribution is 2.54. The molecule has 2 aliphatic carbocycles. The van der Waals surface area contributed by atoms with E-state index in [1.54, 1.807) is 11.1 Å². The Labute approximate surface area is 95.1 Å². The SMILES string of the molecule is CC(C)=C1CC[C@H]2CCC[C@@H](C)[C@@]2(C)C1. The second kappa shape index (κ2) is 3.96. The van der Waals surface area contributed by atoms with Crippen LogP contribution in [0.4, 0.5) is 0 Å². The molecule has 0 N–H and O–H groups in total. The van der Waals surface area contributed by atoms with Crippen LogP contribution >= 0.6 is 0 Å². The van der Waals surface area contributed by atoms with Crippen LogP contribution in [0.25, 0.3) is 0 Å². The average Bonchev–Trinajstić information content (AvgIpc) is 2.19. The minimum absolute atomic E-state index is 0.628. The fourth-order valence-electron chi connectivity index (χ4n) is 3.85. The first kappa shape index (κ1) is 11.2. The standard InChI is InChI=1S/C15H26/c1-11(2)13-8-9-14-7-5-6-12(3)15(14,4)10-13/h12,14H,5-10H2,1-4H3/t12-,14-,15-/m1/s1. The molecule has 2 saturated carbocycles. The largest absolute Gasteiger partial charge is 0.0772 e. The smallest absolute Gasteiger partial charge is 0.0234 e. The van der Waals surface area contributed by atoms with E-state index in [0.717, 1.165) is 11.8 Å². The molecule has 2 rings (SSSR count). The van der Waals surface area contributed by atoms with E-state index in [2.05, 4.69) is 27.7 Å². The highest BCUT2D eigenvalue weighted by Gasteiger charge is 2.44. The molecule has 15 heavy (non-hydrogen) atoms. The molecule has 86 valence electrons. The second-order valence-corrected chi connectivity index (χ2v) is 6.35. The van der Waals surface area contributed by atoms with E-state index >= 15 is 0 Å². The van der Waals surface area contributed by atoms with Gasteiger partial charge in [0.05, 0.1) is 0 Å². The van der Waals surface area contributed by atoms with Crippen molar-refractivity contribution in [2.45, 2.75) is 66.2 Å². The van der Waals surface area contributed by atoms with Crippen molar-refractivity contribution in [3.8, 4) is 0 Å². The summed E-state index contributed by atoms with van der Waals surface area (Å²) in [7, 11) is 0. The Morgan fingerprint density at radius 3 is 2.60 bits per heavy atom. The van der Waals surface area contributed by atoms with Crippen molar-refractivity contribution in [2.24, 2.45) is 17.3 Å². The first-order valence-electron chi connectivity index (χ1n) is 6.69. The lowest BCUT2D eigenvalue weighted by Gasteiger charge is -2.50. The van der Waals surface area contributed by atoms with Gasteiger partial charge < -0.3 is 0 Å². The summed E-state index contributed by atoms with van der Waals surface area (Å²) in [5.41, 5.74) is 3.98. The summed E-state index contributed by atoms with van der Waals surface area (Å²) in [6, 6.07) is 0. The molecule has 0 nitrogen and oxygen atoms in total. The Kier molecular flexibility index (Phi) is 2.96. The predicted octanol–water partition coefficient (Wildman–Crippen LogP) is 4.95. The Balaban J connectivity index is 2.23. The lowest BCUT2D eigenvalue weighted by molar-refractivity contribution is 0.0294. The van der Waals surface area contributed by atoms with Crippen LogP contribution in [0, 0.1) is 17.3 Å². The van der Waals surface area contributed by atoms with Crippen LogP contribution in [0.2, 0.25) is 0 Å². The zero-order valence-electron chi connectivity index (χ0n) is 10.9. The van der Waals surface area contributed by atoms with Gasteiger partial charge in [0.1, 0.15) is 0 Å². The molecule has 0 bridgehead atoms. The van der Waals surface area contributed by atoms with E-state index in [9.17, 15) is 0 Å². The van der Waals surface area contributed by atoms with Crippen molar-refractivity contribution in [3.05, 3.63) is 11.1 Å². The Morgan fingerprint density at radius 1 is 1.20 bits per heavy atom. The zero-order valence-corrected chi connectivity index (χ0v) is 10.9. The minimum atomic E-state index is 0.628. The molecule has 0 aromatic carbocycles. The highest BCUT2D eigenvalue weighted by atomic mass is 14.5. The van der Waals surface area contributed by atoms with Crippen molar-refractivity contribution in [1.82, 2.24) is 0 Å². The van der Waals surface area contributed by atoms with E-state index in [4.69, 9.17) is 0 Å². The van der Waals surface area contributed by atoms with Crippen molar-refractivity contribution in [3.63, 3.8) is 0 Å². The van der Waals surface area contributed by atoms with E-state index in [-0.39, 0.29) is 0 Å². The lowest BCUT2D eigenvalue weighted by atomic mass is 9.55. The summed E-state index contributed by atoms with van der Waals surface area (Å²) in [6.07, 6.45) is 8.67. The maximum absolute atomic E-state index is 2.56. The first-order chi connectivity index (χ1) is 7.04. The summed E-state index contributed by atoms with van der Waals surface area (Å²) in [4.78, 5) is 0. The minimum Gasteiger partial charge on any atom is -0.0772 e. The van der Waals surface area contributed by atoms with Crippen molar-refractivity contribution in [2.75, 3.05) is 0 Å². The molecule has 2 aliphatic rings. The molecule has 0 radical (unpaired) electrons. The van der Waals surface area contributed by atoms with Gasteiger partial charge in [-0.1, -0.05) is 37.8 Å².